The van der Waals surface area contributed by atoms with E-state index in [0.717, 1.165) is 23.2 Å². The molecule has 0 atom stereocenters. The average Bonchev–Trinajstić information content (AvgIpc) is 2.73. The number of anilines is 2. The number of hydrogen-bond acceptors (Lipinski definition) is 4. The van der Waals surface area contributed by atoms with Crippen molar-refractivity contribution in [1.29, 1.82) is 0 Å². The van der Waals surface area contributed by atoms with E-state index < -0.39 is 18.1 Å². The van der Waals surface area contributed by atoms with Gasteiger partial charge in [-0.1, -0.05) is 43.9 Å². The smallest absolute Gasteiger partial charge is 0.316 e. The lowest BCUT2D eigenvalue weighted by molar-refractivity contribution is 0.402. The molecule has 5 nitrogen and oxygen atoms in total. The van der Waals surface area contributed by atoms with Crippen LogP contribution in [0.3, 0.4) is 0 Å². The van der Waals surface area contributed by atoms with Gasteiger partial charge < -0.3 is 14.6 Å². The summed E-state index contributed by atoms with van der Waals surface area (Å²) in [5, 5.41) is 3.20. The first-order valence-corrected chi connectivity index (χ1v) is 9.23. The second-order valence-corrected chi connectivity index (χ2v) is 6.25. The summed E-state index contributed by atoms with van der Waals surface area (Å²) in [5.41, 5.74) is 2.15. The zero-order valence-corrected chi connectivity index (χ0v) is 16.6. The zero-order chi connectivity index (χ0) is 21.2. The van der Waals surface area contributed by atoms with Crippen LogP contribution in [-0.4, -0.2) is 23.3 Å². The van der Waals surface area contributed by atoms with Crippen molar-refractivity contribution in [1.82, 2.24) is 9.55 Å². The number of allylic oxidation sites excluding steroid dienone is 5. The Balaban J connectivity index is 2.44. The third-order valence-electron chi connectivity index (χ3n) is 4.27. The van der Waals surface area contributed by atoms with E-state index in [9.17, 15) is 13.6 Å². The highest BCUT2D eigenvalue weighted by molar-refractivity contribution is 5.59. The van der Waals surface area contributed by atoms with Crippen molar-refractivity contribution >= 4 is 11.6 Å². The number of benzene rings is 1. The standard InChI is InChI=1S/C22H25F2N3O2/c1-4-8-16(11-12-18(24)13-23)14-27-15-20(29-3)21(28)26-22(27)25-19-10-7-6-9-17(19)5-2/h4,6-10,12,15H,1,5,11,13-14H2,2-3H3,(H,25,26,28)/b16-8+,18-12+. The molecule has 0 fully saturated rings. The van der Waals surface area contributed by atoms with Crippen molar-refractivity contribution < 1.29 is 13.5 Å². The van der Waals surface area contributed by atoms with E-state index in [0.29, 0.717) is 5.95 Å². The highest BCUT2D eigenvalue weighted by Crippen LogP contribution is 2.22. The second kappa shape index (κ2) is 10.9. The summed E-state index contributed by atoms with van der Waals surface area (Å²) in [6.07, 6.45) is 7.01. The number of alkyl halides is 1. The quantitative estimate of drug-likeness (QED) is 0.577. The lowest BCUT2D eigenvalue weighted by Gasteiger charge is -2.17. The van der Waals surface area contributed by atoms with Crippen LogP contribution in [0.5, 0.6) is 5.75 Å². The fourth-order valence-electron chi connectivity index (χ4n) is 2.77. The van der Waals surface area contributed by atoms with Crippen molar-refractivity contribution in [3.63, 3.8) is 0 Å². The minimum atomic E-state index is -1.14. The number of rotatable bonds is 10. The topological polar surface area (TPSA) is 56.2 Å². The van der Waals surface area contributed by atoms with Gasteiger partial charge in [-0.15, -0.1) is 0 Å². The van der Waals surface area contributed by atoms with Gasteiger partial charge in [0.05, 0.1) is 13.3 Å². The monoisotopic (exact) mass is 401 g/mol. The molecule has 0 amide bonds. The molecule has 0 aliphatic carbocycles. The van der Waals surface area contributed by atoms with E-state index in [1.54, 1.807) is 22.9 Å². The molecule has 0 spiro atoms. The van der Waals surface area contributed by atoms with Crippen molar-refractivity contribution in [3.05, 3.63) is 82.6 Å². The molecular formula is C22H25F2N3O2. The molecule has 154 valence electrons. The molecule has 1 heterocycles. The van der Waals surface area contributed by atoms with Gasteiger partial charge in [0.1, 0.15) is 12.5 Å². The first-order valence-electron chi connectivity index (χ1n) is 9.23. The third kappa shape index (κ3) is 6.14. The van der Waals surface area contributed by atoms with Crippen LogP contribution >= 0.6 is 0 Å². The molecule has 0 aliphatic heterocycles. The van der Waals surface area contributed by atoms with Gasteiger partial charge in [-0.3, -0.25) is 4.79 Å². The van der Waals surface area contributed by atoms with E-state index in [4.69, 9.17) is 4.74 Å². The van der Waals surface area contributed by atoms with Crippen LogP contribution in [0.15, 0.2) is 71.5 Å². The number of hydrogen-bond donors (Lipinski definition) is 1. The van der Waals surface area contributed by atoms with Gasteiger partial charge >= 0.3 is 5.56 Å². The van der Waals surface area contributed by atoms with E-state index in [1.165, 1.54) is 13.2 Å². The molecule has 1 aromatic heterocycles. The molecule has 0 radical (unpaired) electrons. The molecule has 0 bridgehead atoms. The molecule has 0 saturated carbocycles. The fraction of sp³-hybridized carbons (Fsp3) is 0.273. The first-order chi connectivity index (χ1) is 14.0. The molecule has 2 rings (SSSR count). The Bertz CT molecular complexity index is 965. The summed E-state index contributed by atoms with van der Waals surface area (Å²) in [6.45, 7) is 4.84. The van der Waals surface area contributed by atoms with Crippen LogP contribution in [0.2, 0.25) is 0 Å². The second-order valence-electron chi connectivity index (χ2n) is 6.25. The third-order valence-corrected chi connectivity index (χ3v) is 4.27. The number of para-hydroxylation sites is 1. The van der Waals surface area contributed by atoms with Gasteiger partial charge in [-0.25, -0.2) is 8.78 Å². The predicted molar refractivity (Wildman–Crippen MR) is 112 cm³/mol. The normalized spacial score (nSPS) is 12.0. The number of methoxy groups -OCH3 is 1. The van der Waals surface area contributed by atoms with Gasteiger partial charge in [0.15, 0.2) is 0 Å². The van der Waals surface area contributed by atoms with Gasteiger partial charge in [-0.05, 0) is 36.1 Å². The molecule has 1 N–H and O–H groups in total. The Labute approximate surface area is 169 Å². The van der Waals surface area contributed by atoms with Crippen LogP contribution < -0.4 is 15.6 Å². The van der Waals surface area contributed by atoms with Crippen molar-refractivity contribution in [2.75, 3.05) is 19.1 Å². The highest BCUT2D eigenvalue weighted by Gasteiger charge is 2.12. The first kappa shape index (κ1) is 22.1. The van der Waals surface area contributed by atoms with Gasteiger partial charge in [0.25, 0.3) is 0 Å². The van der Waals surface area contributed by atoms with Gasteiger partial charge in [0, 0.05) is 12.2 Å². The van der Waals surface area contributed by atoms with Crippen LogP contribution in [0, 0.1) is 0 Å². The van der Waals surface area contributed by atoms with Crippen LogP contribution in [-0.2, 0) is 13.0 Å². The van der Waals surface area contributed by atoms with Crippen LogP contribution in [0.4, 0.5) is 20.4 Å². The summed E-state index contributed by atoms with van der Waals surface area (Å²) in [5.74, 6) is -0.421. The van der Waals surface area contributed by atoms with E-state index in [-0.39, 0.29) is 18.7 Å². The minimum absolute atomic E-state index is 0.0859. The molecule has 29 heavy (non-hydrogen) atoms. The Kier molecular flexibility index (Phi) is 8.33. The molecule has 7 heteroatoms. The molecule has 0 aliphatic rings. The minimum Gasteiger partial charge on any atom is -0.490 e. The average molecular weight is 401 g/mol. The molecule has 0 unspecified atom stereocenters. The highest BCUT2D eigenvalue weighted by atomic mass is 19.2. The van der Waals surface area contributed by atoms with Crippen LogP contribution in [0.1, 0.15) is 18.9 Å². The maximum Gasteiger partial charge on any atom is 0.316 e. The lowest BCUT2D eigenvalue weighted by Crippen LogP contribution is -2.19. The van der Waals surface area contributed by atoms with Crippen molar-refractivity contribution in [2.45, 2.75) is 26.3 Å². The Morgan fingerprint density at radius 3 is 2.79 bits per heavy atom. The van der Waals surface area contributed by atoms with Crippen molar-refractivity contribution in [2.24, 2.45) is 0 Å². The molecule has 1 aromatic carbocycles. The summed E-state index contributed by atoms with van der Waals surface area (Å²) in [6, 6.07) is 7.72. The molecule has 0 saturated heterocycles. The number of aromatic nitrogens is 2. The summed E-state index contributed by atoms with van der Waals surface area (Å²) < 4.78 is 32.5. The van der Waals surface area contributed by atoms with Crippen molar-refractivity contribution in [3.8, 4) is 5.75 Å². The Morgan fingerprint density at radius 1 is 1.38 bits per heavy atom. The number of ether oxygens (including phenoxy) is 1. The lowest BCUT2D eigenvalue weighted by atomic mass is 10.1. The number of aryl methyl sites for hydroxylation is 1. The predicted octanol–water partition coefficient (Wildman–Crippen LogP) is 4.88. The fourth-order valence-corrected chi connectivity index (χ4v) is 2.77. The van der Waals surface area contributed by atoms with E-state index in [1.807, 2.05) is 31.2 Å². The van der Waals surface area contributed by atoms with Crippen LogP contribution in [0.25, 0.3) is 0 Å². The maximum absolute atomic E-state index is 13.2. The zero-order valence-electron chi connectivity index (χ0n) is 16.6. The summed E-state index contributed by atoms with van der Waals surface area (Å²) >= 11 is 0. The molecule has 2 aromatic rings. The Morgan fingerprint density at radius 2 is 2.14 bits per heavy atom. The summed E-state index contributed by atoms with van der Waals surface area (Å²) in [7, 11) is 1.39. The van der Waals surface area contributed by atoms with E-state index >= 15 is 0 Å². The largest absolute Gasteiger partial charge is 0.490 e. The molecular weight excluding hydrogens is 376 g/mol. The van der Waals surface area contributed by atoms with Gasteiger partial charge in [-0.2, -0.15) is 4.98 Å². The maximum atomic E-state index is 13.2. The SMILES string of the molecule is C=C/C=C(\C/C=C(/F)CF)Cn1cc(OC)c(=O)nc1Nc1ccccc1CC. The number of nitrogens with zero attached hydrogens (tertiary/aromatic N) is 2. The Hall–Kier alpha value is -3.22. The number of nitrogens with one attached hydrogen (secondary N) is 1. The number of halogens is 2. The van der Waals surface area contributed by atoms with Gasteiger partial charge in [0.2, 0.25) is 11.7 Å². The van der Waals surface area contributed by atoms with E-state index in [2.05, 4.69) is 16.9 Å². The summed E-state index contributed by atoms with van der Waals surface area (Å²) in [4.78, 5) is 16.3.